The van der Waals surface area contributed by atoms with Crippen molar-refractivity contribution in [1.29, 1.82) is 0 Å². The molecule has 2 aromatic carbocycles. The lowest BCUT2D eigenvalue weighted by molar-refractivity contribution is -0.384. The van der Waals surface area contributed by atoms with Gasteiger partial charge >= 0.3 is 0 Å². The molecule has 0 aromatic heterocycles. The molecule has 2 aromatic rings. The molecule has 2 aliphatic rings. The molecule has 0 bridgehead atoms. The Balaban J connectivity index is 1.58. The normalized spacial score (nSPS) is 20.6. The number of imide groups is 1. The highest BCUT2D eigenvalue weighted by molar-refractivity contribution is 6.09. The van der Waals surface area contributed by atoms with Crippen molar-refractivity contribution in [1.82, 2.24) is 5.32 Å². The molecule has 0 spiro atoms. The summed E-state index contributed by atoms with van der Waals surface area (Å²) in [6.07, 6.45) is 4.42. The van der Waals surface area contributed by atoms with Crippen molar-refractivity contribution in [3.63, 3.8) is 0 Å². The van der Waals surface area contributed by atoms with E-state index in [-0.39, 0.29) is 29.5 Å². The molecular formula is C25H28N4O5. The average Bonchev–Trinajstić information content (AvgIpc) is 2.85. The van der Waals surface area contributed by atoms with Gasteiger partial charge in [-0.3, -0.25) is 29.8 Å². The molecular weight excluding hydrogens is 436 g/mol. The zero-order valence-corrected chi connectivity index (χ0v) is 19.1. The molecule has 4 rings (SSSR count). The number of carbonyl (C=O) groups is 3. The van der Waals surface area contributed by atoms with Crippen LogP contribution in [0.15, 0.2) is 42.5 Å². The monoisotopic (exact) mass is 464 g/mol. The number of amides is 3. The summed E-state index contributed by atoms with van der Waals surface area (Å²) < 4.78 is 0. The lowest BCUT2D eigenvalue weighted by Crippen LogP contribution is -2.51. The van der Waals surface area contributed by atoms with Crippen LogP contribution < -0.4 is 15.5 Å². The van der Waals surface area contributed by atoms with Crippen LogP contribution in [-0.4, -0.2) is 35.7 Å². The molecule has 0 saturated carbocycles. The fraction of sp³-hybridized carbons (Fsp3) is 0.400. The van der Waals surface area contributed by atoms with Crippen molar-refractivity contribution in [2.45, 2.75) is 50.9 Å². The lowest BCUT2D eigenvalue weighted by Gasteiger charge is -2.35. The summed E-state index contributed by atoms with van der Waals surface area (Å²) in [7, 11) is 0. The first-order valence-corrected chi connectivity index (χ1v) is 11.6. The van der Waals surface area contributed by atoms with Crippen LogP contribution >= 0.6 is 0 Å². The van der Waals surface area contributed by atoms with Crippen LogP contribution in [0.4, 0.5) is 17.1 Å². The molecule has 34 heavy (non-hydrogen) atoms. The number of nitrogens with zero attached hydrogens (tertiary/aromatic N) is 2. The van der Waals surface area contributed by atoms with Gasteiger partial charge in [-0.05, 0) is 55.9 Å². The maximum absolute atomic E-state index is 13.2. The van der Waals surface area contributed by atoms with E-state index in [9.17, 15) is 24.5 Å². The van der Waals surface area contributed by atoms with E-state index >= 15 is 0 Å². The van der Waals surface area contributed by atoms with E-state index < -0.39 is 16.2 Å². The number of non-ortho nitro benzene ring substituents is 1. The number of piperidine rings is 2. The maximum atomic E-state index is 13.2. The first kappa shape index (κ1) is 23.4. The Kier molecular flexibility index (Phi) is 6.63. The molecule has 2 N–H and O–H groups in total. The van der Waals surface area contributed by atoms with Gasteiger partial charge in [0.25, 0.3) is 11.6 Å². The third-order valence-corrected chi connectivity index (χ3v) is 6.90. The van der Waals surface area contributed by atoms with Crippen LogP contribution in [0.25, 0.3) is 0 Å². The van der Waals surface area contributed by atoms with Crippen molar-refractivity contribution >= 4 is 34.8 Å². The third kappa shape index (κ3) is 4.50. The van der Waals surface area contributed by atoms with Gasteiger partial charge in [0.2, 0.25) is 11.8 Å². The summed E-state index contributed by atoms with van der Waals surface area (Å²) in [5, 5.41) is 16.6. The minimum absolute atomic E-state index is 0.135. The molecule has 9 heteroatoms. The van der Waals surface area contributed by atoms with Crippen molar-refractivity contribution < 1.29 is 19.3 Å². The first-order valence-electron chi connectivity index (χ1n) is 11.6. The molecule has 2 saturated heterocycles. The molecule has 178 valence electrons. The number of nitrogens with one attached hydrogen (secondary N) is 2. The van der Waals surface area contributed by atoms with Gasteiger partial charge in [0.15, 0.2) is 0 Å². The van der Waals surface area contributed by atoms with Gasteiger partial charge in [-0.1, -0.05) is 19.1 Å². The Morgan fingerprint density at radius 1 is 1.12 bits per heavy atom. The molecule has 2 aliphatic heterocycles. The minimum Gasteiger partial charge on any atom is -0.371 e. The number of hydrogen-bond acceptors (Lipinski definition) is 6. The fourth-order valence-corrected chi connectivity index (χ4v) is 4.87. The quantitative estimate of drug-likeness (QED) is 0.380. The largest absolute Gasteiger partial charge is 0.371 e. The average molecular weight is 465 g/mol. The number of benzene rings is 2. The van der Waals surface area contributed by atoms with Crippen molar-refractivity contribution in [3.05, 3.63) is 63.7 Å². The van der Waals surface area contributed by atoms with Crippen LogP contribution in [0.2, 0.25) is 0 Å². The molecule has 3 amide bonds. The SMILES string of the molecule is CCC1(c2ccc(NC(=O)c3cc([N+](=O)[O-])ccc3N3CCCCC3)cc2)CCC(=O)NC1=O. The number of hydrogen-bond donors (Lipinski definition) is 2. The van der Waals surface area contributed by atoms with Crippen molar-refractivity contribution in [2.75, 3.05) is 23.3 Å². The summed E-state index contributed by atoms with van der Waals surface area (Å²) in [5.41, 5.74) is 1.33. The molecule has 1 atom stereocenters. The summed E-state index contributed by atoms with van der Waals surface area (Å²) in [4.78, 5) is 50.3. The van der Waals surface area contributed by atoms with Crippen LogP contribution in [-0.2, 0) is 15.0 Å². The number of nitro groups is 1. The highest BCUT2D eigenvalue weighted by atomic mass is 16.6. The number of rotatable bonds is 6. The van der Waals surface area contributed by atoms with Crippen LogP contribution in [0.3, 0.4) is 0 Å². The van der Waals surface area contributed by atoms with E-state index in [4.69, 9.17) is 0 Å². The van der Waals surface area contributed by atoms with Crippen LogP contribution in [0, 0.1) is 10.1 Å². The Morgan fingerprint density at radius 2 is 1.82 bits per heavy atom. The molecule has 9 nitrogen and oxygen atoms in total. The molecule has 2 fully saturated rings. The van der Waals surface area contributed by atoms with Gasteiger partial charge in [0.1, 0.15) is 0 Å². The van der Waals surface area contributed by atoms with Gasteiger partial charge in [-0.2, -0.15) is 0 Å². The van der Waals surface area contributed by atoms with Gasteiger partial charge in [0.05, 0.1) is 21.6 Å². The second-order valence-electron chi connectivity index (χ2n) is 8.85. The Hall–Kier alpha value is -3.75. The molecule has 0 radical (unpaired) electrons. The molecule has 0 aliphatic carbocycles. The smallest absolute Gasteiger partial charge is 0.270 e. The highest BCUT2D eigenvalue weighted by Crippen LogP contribution is 2.36. The Bertz CT molecular complexity index is 1120. The third-order valence-electron chi connectivity index (χ3n) is 6.90. The van der Waals surface area contributed by atoms with Gasteiger partial charge in [-0.15, -0.1) is 0 Å². The highest BCUT2D eigenvalue weighted by Gasteiger charge is 2.42. The number of anilines is 2. The van der Waals surface area contributed by atoms with E-state index in [0.29, 0.717) is 24.2 Å². The predicted octanol–water partition coefficient (Wildman–Crippen LogP) is 3.92. The van der Waals surface area contributed by atoms with E-state index in [2.05, 4.69) is 15.5 Å². The topological polar surface area (TPSA) is 122 Å². The molecule has 2 heterocycles. The van der Waals surface area contributed by atoms with Crippen molar-refractivity contribution in [3.8, 4) is 0 Å². The summed E-state index contributed by atoms with van der Waals surface area (Å²) >= 11 is 0. The van der Waals surface area contributed by atoms with E-state index in [1.54, 1.807) is 30.3 Å². The van der Waals surface area contributed by atoms with Crippen LogP contribution in [0.5, 0.6) is 0 Å². The van der Waals surface area contributed by atoms with E-state index in [0.717, 1.165) is 37.9 Å². The Morgan fingerprint density at radius 3 is 2.44 bits per heavy atom. The second-order valence-corrected chi connectivity index (χ2v) is 8.85. The van der Waals surface area contributed by atoms with E-state index in [1.165, 1.54) is 12.1 Å². The van der Waals surface area contributed by atoms with Gasteiger partial charge in [-0.25, -0.2) is 0 Å². The summed E-state index contributed by atoms with van der Waals surface area (Å²) in [6, 6.07) is 11.4. The number of nitro benzene ring substituents is 1. The first-order chi connectivity index (χ1) is 16.3. The zero-order chi connectivity index (χ0) is 24.3. The summed E-state index contributed by atoms with van der Waals surface area (Å²) in [5.74, 6) is -0.992. The maximum Gasteiger partial charge on any atom is 0.270 e. The predicted molar refractivity (Wildman–Crippen MR) is 128 cm³/mol. The Labute approximate surface area is 197 Å². The zero-order valence-electron chi connectivity index (χ0n) is 19.1. The van der Waals surface area contributed by atoms with E-state index in [1.807, 2.05) is 6.92 Å². The van der Waals surface area contributed by atoms with Crippen molar-refractivity contribution in [2.24, 2.45) is 0 Å². The summed E-state index contributed by atoms with van der Waals surface area (Å²) in [6.45, 7) is 3.52. The fourth-order valence-electron chi connectivity index (χ4n) is 4.87. The van der Waals surface area contributed by atoms with Crippen LogP contribution in [0.1, 0.15) is 61.4 Å². The second kappa shape index (κ2) is 9.62. The van der Waals surface area contributed by atoms with Gasteiger partial charge in [0, 0.05) is 37.3 Å². The standard InChI is InChI=1S/C25H28N4O5/c1-2-25(13-12-22(30)27-24(25)32)17-6-8-18(9-7-17)26-23(31)20-16-19(29(33)34)10-11-21(20)28-14-4-3-5-15-28/h6-11,16H,2-5,12-15H2,1H3,(H,26,31)(H,27,30,32). The molecule has 1 unspecified atom stereocenters. The number of carbonyl (C=O) groups excluding carboxylic acids is 3. The van der Waals surface area contributed by atoms with Gasteiger partial charge < -0.3 is 10.2 Å². The lowest BCUT2D eigenvalue weighted by atomic mass is 9.72. The minimum atomic E-state index is -0.780.